The minimum absolute atomic E-state index is 0.0333. The lowest BCUT2D eigenvalue weighted by Gasteiger charge is -2.20. The van der Waals surface area contributed by atoms with Crippen molar-refractivity contribution in [3.63, 3.8) is 0 Å². The SMILES string of the molecule is N#Cc1ccc(N)c(C(=O)O)c1.NCc1ccc(N)c(C(=O)N[C@@H](C(=O)Nc2ccc3c(c2)CCC3)c2ccccc2)c1.O=C(O)C(F)(F)F.O=C(O)C(F)(F)F. The third-order valence-electron chi connectivity index (χ3n) is 7.53. The Bertz CT molecular complexity index is 2100. The molecule has 0 radical (unpaired) electrons. The maximum Gasteiger partial charge on any atom is 0.490 e. The monoisotopic (exact) mass is 804 g/mol. The molecule has 11 N–H and O–H groups in total. The number of benzene rings is 4. The highest BCUT2D eigenvalue weighted by molar-refractivity contribution is 6.04. The Morgan fingerprint density at radius 3 is 1.81 bits per heavy atom. The fourth-order valence-electron chi connectivity index (χ4n) is 4.76. The van der Waals surface area contributed by atoms with Gasteiger partial charge in [0.05, 0.1) is 22.8 Å². The third kappa shape index (κ3) is 14.6. The highest BCUT2D eigenvalue weighted by Crippen LogP contribution is 2.26. The molecule has 302 valence electrons. The number of carbonyl (C=O) groups is 5. The first kappa shape index (κ1) is 46.0. The summed E-state index contributed by atoms with van der Waals surface area (Å²) in [5.41, 5.74) is 22.9. The number of nitriles is 1. The summed E-state index contributed by atoms with van der Waals surface area (Å²) >= 11 is 0. The van der Waals surface area contributed by atoms with E-state index in [2.05, 4.69) is 16.7 Å². The quantitative estimate of drug-likeness (QED) is 0.0858. The number of nitrogens with two attached hydrogens (primary N) is 3. The van der Waals surface area contributed by atoms with E-state index in [1.165, 1.54) is 29.3 Å². The van der Waals surface area contributed by atoms with Gasteiger partial charge in [0.25, 0.3) is 11.8 Å². The van der Waals surface area contributed by atoms with Gasteiger partial charge in [-0.2, -0.15) is 31.6 Å². The number of hydrogen-bond acceptors (Lipinski definition) is 9. The number of aryl methyl sites for hydroxylation is 2. The molecular formula is C37H34F6N6O8. The number of alkyl halides is 6. The molecule has 0 aliphatic heterocycles. The van der Waals surface area contributed by atoms with Crippen LogP contribution in [0.4, 0.5) is 43.4 Å². The van der Waals surface area contributed by atoms with Crippen molar-refractivity contribution in [1.82, 2.24) is 5.32 Å². The molecule has 0 saturated heterocycles. The number of fused-ring (bicyclic) bond motifs is 1. The zero-order valence-corrected chi connectivity index (χ0v) is 29.3. The molecule has 0 heterocycles. The molecule has 1 aliphatic rings. The summed E-state index contributed by atoms with van der Waals surface area (Å²) in [6, 6.07) is 25.3. The van der Waals surface area contributed by atoms with Gasteiger partial charge in [-0.15, -0.1) is 0 Å². The first-order chi connectivity index (χ1) is 26.6. The van der Waals surface area contributed by atoms with Gasteiger partial charge < -0.3 is 43.2 Å². The van der Waals surface area contributed by atoms with Crippen LogP contribution in [0.1, 0.15) is 61.0 Å². The van der Waals surface area contributed by atoms with Crippen LogP contribution in [0.25, 0.3) is 0 Å². The lowest BCUT2D eigenvalue weighted by atomic mass is 10.0. The molecule has 0 unspecified atom stereocenters. The van der Waals surface area contributed by atoms with Crippen LogP contribution < -0.4 is 27.8 Å². The molecule has 4 aromatic carbocycles. The summed E-state index contributed by atoms with van der Waals surface area (Å²) in [7, 11) is 0. The predicted molar refractivity (Wildman–Crippen MR) is 192 cm³/mol. The van der Waals surface area contributed by atoms with Gasteiger partial charge in [-0.25, -0.2) is 14.4 Å². The summed E-state index contributed by atoms with van der Waals surface area (Å²) < 4.78 is 63.5. The molecule has 20 heteroatoms. The molecule has 0 aromatic heterocycles. The third-order valence-corrected chi connectivity index (χ3v) is 7.53. The largest absolute Gasteiger partial charge is 0.490 e. The number of aromatic carboxylic acids is 1. The van der Waals surface area contributed by atoms with Gasteiger partial charge in [0.1, 0.15) is 6.04 Å². The van der Waals surface area contributed by atoms with Gasteiger partial charge in [-0.3, -0.25) is 9.59 Å². The Hall–Kier alpha value is -7.14. The molecule has 0 spiro atoms. The standard InChI is InChI=1S/C25H26N4O2.C8H6N2O2.2C2HF3O2/c26-15-16-9-12-22(27)21(13-16)24(30)29-23(18-5-2-1-3-6-18)25(31)28-20-11-10-17-7-4-8-19(17)14-20;9-4-5-1-2-7(10)6(3-5)8(11)12;2*3-2(4,5)1(6)7/h1-3,5-6,9-14,23H,4,7-8,15,26-27H2,(H,28,31)(H,29,30);1-3H,10H2,(H,11,12);2*(H,6,7)/t23-;;;/m1.../s1. The van der Waals surface area contributed by atoms with Crippen LogP contribution in [0.3, 0.4) is 0 Å². The Labute approximate surface area is 319 Å². The van der Waals surface area contributed by atoms with Gasteiger partial charge >= 0.3 is 30.3 Å². The van der Waals surface area contributed by atoms with Gasteiger partial charge in [0, 0.05) is 23.6 Å². The highest BCUT2D eigenvalue weighted by Gasteiger charge is 2.39. The zero-order chi connectivity index (χ0) is 43.1. The van der Waals surface area contributed by atoms with Crippen molar-refractivity contribution in [2.75, 3.05) is 16.8 Å². The average Bonchev–Trinajstić information content (AvgIpc) is 3.62. The normalized spacial score (nSPS) is 11.9. The molecule has 0 bridgehead atoms. The van der Waals surface area contributed by atoms with E-state index in [1.807, 2.05) is 48.5 Å². The number of anilines is 3. The van der Waals surface area contributed by atoms with Crippen LogP contribution in [0.5, 0.6) is 0 Å². The second-order valence-electron chi connectivity index (χ2n) is 11.6. The molecule has 14 nitrogen and oxygen atoms in total. The van der Waals surface area contributed by atoms with E-state index in [0.717, 1.165) is 30.5 Å². The number of halogens is 6. The van der Waals surface area contributed by atoms with Crippen LogP contribution in [0.2, 0.25) is 0 Å². The molecule has 1 aliphatic carbocycles. The molecular weight excluding hydrogens is 770 g/mol. The summed E-state index contributed by atoms with van der Waals surface area (Å²) in [5.74, 6) is -7.37. The number of aliphatic carboxylic acids is 2. The van der Waals surface area contributed by atoms with Crippen LogP contribution in [-0.2, 0) is 33.8 Å². The van der Waals surface area contributed by atoms with E-state index in [1.54, 1.807) is 18.2 Å². The molecule has 5 rings (SSSR count). The predicted octanol–water partition coefficient (Wildman–Crippen LogP) is 5.43. The molecule has 0 saturated carbocycles. The van der Waals surface area contributed by atoms with Gasteiger partial charge in [0.15, 0.2) is 0 Å². The summed E-state index contributed by atoms with van der Waals surface area (Å²) in [5, 5.41) is 37.1. The van der Waals surface area contributed by atoms with E-state index in [9.17, 15) is 40.7 Å². The van der Waals surface area contributed by atoms with Crippen molar-refractivity contribution >= 4 is 46.8 Å². The maximum absolute atomic E-state index is 13.2. The Balaban J connectivity index is 0.000000351. The first-order valence-electron chi connectivity index (χ1n) is 16.1. The Kier molecular flexibility index (Phi) is 16.6. The number of amides is 2. The summed E-state index contributed by atoms with van der Waals surface area (Å²) in [4.78, 5) is 54.5. The fraction of sp³-hybridized carbons (Fsp3) is 0.189. The van der Waals surface area contributed by atoms with E-state index in [-0.39, 0.29) is 17.2 Å². The lowest BCUT2D eigenvalue weighted by Crippen LogP contribution is -2.37. The second kappa shape index (κ2) is 20.5. The second-order valence-corrected chi connectivity index (χ2v) is 11.6. The van der Waals surface area contributed by atoms with Crippen molar-refractivity contribution in [2.45, 2.75) is 44.2 Å². The number of carboxylic acid groups (broad SMARTS) is 3. The van der Waals surface area contributed by atoms with Gasteiger partial charge in [-0.05, 0) is 84.0 Å². The smallest absolute Gasteiger partial charge is 0.478 e. The van der Waals surface area contributed by atoms with Crippen LogP contribution in [0.15, 0.2) is 84.9 Å². The lowest BCUT2D eigenvalue weighted by molar-refractivity contribution is -0.193. The summed E-state index contributed by atoms with van der Waals surface area (Å²) in [6.45, 7) is 0.293. The first-order valence-corrected chi connectivity index (χ1v) is 16.1. The number of nitrogens with one attached hydrogen (secondary N) is 2. The minimum Gasteiger partial charge on any atom is -0.478 e. The minimum atomic E-state index is -5.08. The number of nitrogens with zero attached hydrogens (tertiary/aromatic N) is 1. The van der Waals surface area contributed by atoms with E-state index >= 15 is 0 Å². The molecule has 4 aromatic rings. The molecule has 0 fully saturated rings. The Morgan fingerprint density at radius 2 is 1.28 bits per heavy atom. The van der Waals surface area contributed by atoms with E-state index in [4.69, 9.17) is 47.4 Å². The number of rotatable bonds is 7. The van der Waals surface area contributed by atoms with Crippen molar-refractivity contribution in [2.24, 2.45) is 5.73 Å². The highest BCUT2D eigenvalue weighted by atomic mass is 19.4. The van der Waals surface area contributed by atoms with Crippen molar-refractivity contribution in [3.8, 4) is 6.07 Å². The number of carbonyl (C=O) groups excluding carboxylic acids is 2. The number of hydrogen-bond donors (Lipinski definition) is 8. The fourth-order valence-corrected chi connectivity index (χ4v) is 4.76. The Morgan fingerprint density at radius 1 is 0.737 bits per heavy atom. The van der Waals surface area contributed by atoms with Crippen molar-refractivity contribution in [3.05, 3.63) is 124 Å². The number of carboxylic acids is 3. The van der Waals surface area contributed by atoms with Crippen molar-refractivity contribution < 1.29 is 65.6 Å². The van der Waals surface area contributed by atoms with Crippen LogP contribution >= 0.6 is 0 Å². The molecule has 1 atom stereocenters. The van der Waals surface area contributed by atoms with E-state index < -0.39 is 42.2 Å². The van der Waals surface area contributed by atoms with Crippen LogP contribution in [-0.4, -0.2) is 57.4 Å². The summed E-state index contributed by atoms with van der Waals surface area (Å²) in [6.07, 6.45) is -6.93. The zero-order valence-electron chi connectivity index (χ0n) is 29.3. The number of nitrogen functional groups attached to an aromatic ring is 2. The average molecular weight is 805 g/mol. The van der Waals surface area contributed by atoms with Crippen molar-refractivity contribution in [1.29, 1.82) is 5.26 Å². The van der Waals surface area contributed by atoms with Crippen LogP contribution in [0, 0.1) is 11.3 Å². The molecule has 57 heavy (non-hydrogen) atoms. The van der Waals surface area contributed by atoms with Gasteiger partial charge in [0.2, 0.25) is 0 Å². The topological polar surface area (TPSA) is 272 Å². The molecule has 2 amide bonds. The maximum atomic E-state index is 13.2. The van der Waals surface area contributed by atoms with Gasteiger partial charge in [-0.1, -0.05) is 42.5 Å². The van der Waals surface area contributed by atoms with E-state index in [0.29, 0.717) is 28.9 Å².